The van der Waals surface area contributed by atoms with Crippen LogP contribution in [0.25, 0.3) is 0 Å². The van der Waals surface area contributed by atoms with E-state index < -0.39 is 0 Å². The van der Waals surface area contributed by atoms with Crippen LogP contribution in [-0.2, 0) is 0 Å². The summed E-state index contributed by atoms with van der Waals surface area (Å²) in [7, 11) is 1.64. The zero-order valence-electron chi connectivity index (χ0n) is 15.0. The number of methoxy groups -OCH3 is 1. The summed E-state index contributed by atoms with van der Waals surface area (Å²) in [5, 5.41) is 19.8. The van der Waals surface area contributed by atoms with Gasteiger partial charge in [-0.3, -0.25) is 0 Å². The van der Waals surface area contributed by atoms with Gasteiger partial charge < -0.3 is 14.6 Å². The lowest BCUT2D eigenvalue weighted by Crippen LogP contribution is -2.33. The second-order valence-electron chi connectivity index (χ2n) is 6.67. The molecular weight excluding hydrogens is 396 g/mol. The molecule has 3 heterocycles. The number of nitrogens with zero attached hydrogens (tertiary/aromatic N) is 2. The maximum Gasteiger partial charge on any atom is 0.223 e. The Kier molecular flexibility index (Phi) is 4.18. The van der Waals surface area contributed by atoms with Crippen molar-refractivity contribution in [2.24, 2.45) is 5.10 Å². The average Bonchev–Trinajstić information content (AvgIpc) is 3.39. The lowest BCUT2D eigenvalue weighted by Gasteiger charge is -2.38. The fraction of sp³-hybridized carbons (Fsp3) is 0.190. The molecule has 1 N–H and O–H groups in total. The second kappa shape index (κ2) is 6.72. The highest BCUT2D eigenvalue weighted by Gasteiger charge is 2.42. The van der Waals surface area contributed by atoms with Crippen LogP contribution in [0.5, 0.6) is 17.2 Å². The number of aromatic hydroxyl groups is 1. The van der Waals surface area contributed by atoms with E-state index in [0.29, 0.717) is 22.8 Å². The number of benzene rings is 2. The Morgan fingerprint density at radius 1 is 1.25 bits per heavy atom. The van der Waals surface area contributed by atoms with Gasteiger partial charge in [0, 0.05) is 22.6 Å². The summed E-state index contributed by atoms with van der Waals surface area (Å²) in [6, 6.07) is 14.9. The summed E-state index contributed by atoms with van der Waals surface area (Å²) in [5.41, 5.74) is 2.45. The lowest BCUT2D eigenvalue weighted by atomic mass is 9.96. The lowest BCUT2D eigenvalue weighted by molar-refractivity contribution is -0.0184. The fourth-order valence-electron chi connectivity index (χ4n) is 3.77. The van der Waals surface area contributed by atoms with E-state index >= 15 is 0 Å². The highest BCUT2D eigenvalue weighted by Crippen LogP contribution is 2.51. The monoisotopic (exact) mass is 412 g/mol. The van der Waals surface area contributed by atoms with Gasteiger partial charge in [0.25, 0.3) is 0 Å². The van der Waals surface area contributed by atoms with Crippen molar-refractivity contribution in [3.05, 3.63) is 74.9 Å². The first-order valence-corrected chi connectivity index (χ1v) is 10.1. The van der Waals surface area contributed by atoms with Gasteiger partial charge in [0.05, 0.1) is 23.7 Å². The van der Waals surface area contributed by atoms with Crippen LogP contribution in [0, 0.1) is 0 Å². The predicted octanol–water partition coefficient (Wildman–Crippen LogP) is 5.36. The molecule has 3 aromatic rings. The Labute approximate surface area is 171 Å². The molecule has 0 bridgehead atoms. The van der Waals surface area contributed by atoms with Crippen molar-refractivity contribution in [3.8, 4) is 17.2 Å². The molecule has 28 heavy (non-hydrogen) atoms. The number of hydrogen-bond donors (Lipinski definition) is 1. The molecule has 0 saturated heterocycles. The van der Waals surface area contributed by atoms with Gasteiger partial charge in [0.1, 0.15) is 5.75 Å². The van der Waals surface area contributed by atoms with Gasteiger partial charge in [0.15, 0.2) is 11.5 Å². The van der Waals surface area contributed by atoms with E-state index in [9.17, 15) is 5.11 Å². The van der Waals surface area contributed by atoms with E-state index in [2.05, 4.69) is 0 Å². The zero-order chi connectivity index (χ0) is 19.3. The number of thiophene rings is 1. The van der Waals surface area contributed by atoms with E-state index in [4.69, 9.17) is 26.2 Å². The van der Waals surface area contributed by atoms with Crippen LogP contribution >= 0.6 is 22.9 Å². The molecule has 142 valence electrons. The SMILES string of the molecule is COc1cccc2c1O[C@@H](c1cccs1)N1N=C(c3cc(Cl)ccc3O)C[C@@H]21. The minimum atomic E-state index is -0.354. The average molecular weight is 413 g/mol. The minimum Gasteiger partial charge on any atom is -0.507 e. The third-order valence-corrected chi connectivity index (χ3v) is 6.19. The van der Waals surface area contributed by atoms with Crippen LogP contribution in [-0.4, -0.2) is 22.9 Å². The molecule has 0 fully saturated rings. The topological polar surface area (TPSA) is 54.3 Å². The first kappa shape index (κ1) is 17.4. The number of ether oxygens (including phenoxy) is 2. The summed E-state index contributed by atoms with van der Waals surface area (Å²) in [6.45, 7) is 0. The highest BCUT2D eigenvalue weighted by atomic mass is 35.5. The number of halogens is 1. The van der Waals surface area contributed by atoms with Gasteiger partial charge in [-0.25, -0.2) is 5.01 Å². The normalized spacial score (nSPS) is 20.2. The maximum absolute atomic E-state index is 10.3. The zero-order valence-corrected chi connectivity index (χ0v) is 16.6. The Bertz CT molecular complexity index is 1070. The van der Waals surface area contributed by atoms with E-state index in [1.807, 2.05) is 40.7 Å². The summed E-state index contributed by atoms with van der Waals surface area (Å²) >= 11 is 7.78. The smallest absolute Gasteiger partial charge is 0.223 e. The number of hydrazone groups is 1. The molecule has 0 aliphatic carbocycles. The third-order valence-electron chi connectivity index (χ3n) is 5.06. The molecule has 2 aromatic carbocycles. The molecule has 0 unspecified atom stereocenters. The van der Waals surface area contributed by atoms with Crippen LogP contribution in [0.2, 0.25) is 5.02 Å². The van der Waals surface area contributed by atoms with E-state index in [1.165, 1.54) is 0 Å². The van der Waals surface area contributed by atoms with Crippen molar-refractivity contribution in [1.82, 2.24) is 5.01 Å². The summed E-state index contributed by atoms with van der Waals surface area (Å²) in [6.07, 6.45) is 0.284. The van der Waals surface area contributed by atoms with E-state index in [-0.39, 0.29) is 18.0 Å². The van der Waals surface area contributed by atoms with Crippen molar-refractivity contribution in [2.75, 3.05) is 7.11 Å². The largest absolute Gasteiger partial charge is 0.507 e. The van der Waals surface area contributed by atoms with Crippen LogP contribution in [0.15, 0.2) is 59.0 Å². The first-order valence-electron chi connectivity index (χ1n) is 8.87. The van der Waals surface area contributed by atoms with Crippen molar-refractivity contribution in [1.29, 1.82) is 0 Å². The van der Waals surface area contributed by atoms with Crippen molar-refractivity contribution in [3.63, 3.8) is 0 Å². The number of phenolic OH excluding ortho intramolecular Hbond substituents is 1. The van der Waals surface area contributed by atoms with Gasteiger partial charge in [-0.1, -0.05) is 29.8 Å². The molecule has 2 aliphatic heterocycles. The third kappa shape index (κ3) is 2.72. The molecule has 0 saturated carbocycles. The first-order chi connectivity index (χ1) is 13.7. The molecule has 0 amide bonds. The molecular formula is C21H17ClN2O3S. The standard InChI is InChI=1S/C21H17ClN2O3S/c1-26-18-5-2-4-13-16-11-15(14-10-12(22)7-8-17(14)25)23-24(16)21(27-20(13)18)19-6-3-9-28-19/h2-10,16,21,25H,11H2,1H3/t16-,21-/m0/s1. The summed E-state index contributed by atoms with van der Waals surface area (Å²) in [5.74, 6) is 1.62. The molecule has 5 rings (SSSR count). The second-order valence-corrected chi connectivity index (χ2v) is 8.09. The van der Waals surface area contributed by atoms with Crippen LogP contribution in [0.3, 0.4) is 0 Å². The van der Waals surface area contributed by atoms with Crippen molar-refractivity contribution < 1.29 is 14.6 Å². The number of rotatable bonds is 3. The minimum absolute atomic E-state index is 0.0145. The van der Waals surface area contributed by atoms with E-state index in [1.54, 1.807) is 36.6 Å². The van der Waals surface area contributed by atoms with Crippen LogP contribution in [0.1, 0.15) is 34.7 Å². The number of phenols is 1. The summed E-state index contributed by atoms with van der Waals surface area (Å²) < 4.78 is 11.9. The van der Waals surface area contributed by atoms with Gasteiger partial charge in [-0.05, 0) is 35.7 Å². The molecule has 2 atom stereocenters. The number of hydrogen-bond acceptors (Lipinski definition) is 6. The van der Waals surface area contributed by atoms with Gasteiger partial charge in [-0.2, -0.15) is 5.10 Å². The number of fused-ring (bicyclic) bond motifs is 3. The fourth-order valence-corrected chi connectivity index (χ4v) is 4.68. The van der Waals surface area contributed by atoms with Crippen molar-refractivity contribution >= 4 is 28.6 Å². The molecule has 0 spiro atoms. The molecule has 7 heteroatoms. The Balaban J connectivity index is 1.64. The van der Waals surface area contributed by atoms with E-state index in [0.717, 1.165) is 21.9 Å². The van der Waals surface area contributed by atoms with Gasteiger partial charge in [0.2, 0.25) is 6.23 Å². The Morgan fingerprint density at radius 2 is 2.14 bits per heavy atom. The highest BCUT2D eigenvalue weighted by molar-refractivity contribution is 7.10. The molecule has 1 aromatic heterocycles. The molecule has 0 radical (unpaired) electrons. The Morgan fingerprint density at radius 3 is 2.93 bits per heavy atom. The van der Waals surface area contributed by atoms with Crippen molar-refractivity contribution in [2.45, 2.75) is 18.7 Å². The van der Waals surface area contributed by atoms with Crippen LogP contribution in [0.4, 0.5) is 0 Å². The molecule has 5 nitrogen and oxygen atoms in total. The van der Waals surface area contributed by atoms with Gasteiger partial charge in [-0.15, -0.1) is 11.3 Å². The predicted molar refractivity (Wildman–Crippen MR) is 110 cm³/mol. The summed E-state index contributed by atoms with van der Waals surface area (Å²) in [4.78, 5) is 1.06. The van der Waals surface area contributed by atoms with Gasteiger partial charge >= 0.3 is 0 Å². The maximum atomic E-state index is 10.3. The number of para-hydroxylation sites is 1. The Hall–Kier alpha value is -2.70. The molecule has 2 aliphatic rings. The van der Waals surface area contributed by atoms with Crippen LogP contribution < -0.4 is 9.47 Å². The quantitative estimate of drug-likeness (QED) is 0.629.